The van der Waals surface area contributed by atoms with Crippen molar-refractivity contribution in [1.82, 2.24) is 9.21 Å². The number of carbonyl (C=O) groups excluding carboxylic acids is 1. The first-order chi connectivity index (χ1) is 13.9. The SMILES string of the molecule is CC1CN(S(=O)(=O)c2ccc(C(=O)N(CC(F)(F)F)C(C)C3CC3)cc2)CC(C)O1. The minimum absolute atomic E-state index is 0.00189. The van der Waals surface area contributed by atoms with Gasteiger partial charge in [0.05, 0.1) is 17.1 Å². The molecule has 1 saturated carbocycles. The molecular weight excluding hydrogens is 421 g/mol. The molecule has 0 radical (unpaired) electrons. The first-order valence-corrected chi connectivity index (χ1v) is 11.5. The fourth-order valence-electron chi connectivity index (χ4n) is 3.84. The first-order valence-electron chi connectivity index (χ1n) is 10.0. The zero-order valence-corrected chi connectivity index (χ0v) is 18.0. The monoisotopic (exact) mass is 448 g/mol. The molecule has 1 aromatic rings. The molecule has 0 spiro atoms. The molecule has 0 bridgehead atoms. The van der Waals surface area contributed by atoms with E-state index in [9.17, 15) is 26.4 Å². The summed E-state index contributed by atoms with van der Waals surface area (Å²) in [6.45, 7) is 4.30. The van der Waals surface area contributed by atoms with Crippen LogP contribution in [0.3, 0.4) is 0 Å². The predicted molar refractivity (Wildman–Crippen MR) is 104 cm³/mol. The molecule has 0 aromatic heterocycles. The van der Waals surface area contributed by atoms with Crippen LogP contribution in [-0.2, 0) is 14.8 Å². The third kappa shape index (κ3) is 5.33. The maximum Gasteiger partial charge on any atom is 0.406 e. The van der Waals surface area contributed by atoms with E-state index in [1.165, 1.54) is 28.6 Å². The second-order valence-electron chi connectivity index (χ2n) is 8.23. The number of rotatable bonds is 6. The van der Waals surface area contributed by atoms with E-state index >= 15 is 0 Å². The summed E-state index contributed by atoms with van der Waals surface area (Å²) >= 11 is 0. The number of hydrogen-bond acceptors (Lipinski definition) is 4. The highest BCUT2D eigenvalue weighted by Crippen LogP contribution is 2.36. The standard InChI is InChI=1S/C20H27F3N2O4S/c1-13-10-24(11-14(2)29-13)30(27,28)18-8-6-17(7-9-18)19(26)25(12-20(21,22)23)15(3)16-4-5-16/h6-9,13-16H,4-5,10-12H2,1-3H3. The maximum absolute atomic E-state index is 13.0. The van der Waals surface area contributed by atoms with Crippen molar-refractivity contribution in [2.75, 3.05) is 19.6 Å². The normalized spacial score (nSPS) is 24.5. The molecule has 30 heavy (non-hydrogen) atoms. The Kier molecular flexibility index (Phi) is 6.50. The van der Waals surface area contributed by atoms with Crippen LogP contribution in [0.5, 0.6) is 0 Å². The van der Waals surface area contributed by atoms with Crippen LogP contribution >= 0.6 is 0 Å². The van der Waals surface area contributed by atoms with Gasteiger partial charge in [-0.1, -0.05) is 0 Å². The molecule has 1 amide bonds. The van der Waals surface area contributed by atoms with Crippen LogP contribution < -0.4 is 0 Å². The fourth-order valence-corrected chi connectivity index (χ4v) is 5.43. The summed E-state index contributed by atoms with van der Waals surface area (Å²) in [6, 6.07) is 4.60. The third-order valence-electron chi connectivity index (χ3n) is 5.53. The van der Waals surface area contributed by atoms with Crippen LogP contribution in [0.15, 0.2) is 29.2 Å². The number of hydrogen-bond donors (Lipinski definition) is 0. The van der Waals surface area contributed by atoms with E-state index < -0.39 is 34.7 Å². The van der Waals surface area contributed by atoms with E-state index in [2.05, 4.69) is 0 Å². The Balaban J connectivity index is 1.80. The molecule has 3 rings (SSSR count). The lowest BCUT2D eigenvalue weighted by Crippen LogP contribution is -2.48. The van der Waals surface area contributed by atoms with Crippen molar-refractivity contribution in [2.24, 2.45) is 5.92 Å². The minimum Gasteiger partial charge on any atom is -0.373 e. The molecule has 10 heteroatoms. The molecule has 1 aromatic carbocycles. The van der Waals surface area contributed by atoms with Gasteiger partial charge in [-0.25, -0.2) is 8.42 Å². The topological polar surface area (TPSA) is 66.9 Å². The summed E-state index contributed by atoms with van der Waals surface area (Å²) in [7, 11) is -3.79. The molecule has 2 aliphatic rings. The second-order valence-corrected chi connectivity index (χ2v) is 10.2. The lowest BCUT2D eigenvalue weighted by atomic mass is 10.1. The molecule has 3 unspecified atom stereocenters. The highest BCUT2D eigenvalue weighted by Gasteiger charge is 2.41. The van der Waals surface area contributed by atoms with Crippen LogP contribution in [0.25, 0.3) is 0 Å². The lowest BCUT2D eigenvalue weighted by molar-refractivity contribution is -0.144. The molecule has 168 valence electrons. The quantitative estimate of drug-likeness (QED) is 0.670. The first kappa shape index (κ1) is 23.0. The van der Waals surface area contributed by atoms with E-state index in [1.54, 1.807) is 20.8 Å². The van der Waals surface area contributed by atoms with E-state index in [1.807, 2.05) is 0 Å². The predicted octanol–water partition coefficient (Wildman–Crippen LogP) is 3.29. The van der Waals surface area contributed by atoms with Crippen LogP contribution in [-0.4, -0.2) is 67.6 Å². The largest absolute Gasteiger partial charge is 0.406 e. The molecule has 1 aliphatic carbocycles. The van der Waals surface area contributed by atoms with Crippen molar-refractivity contribution in [3.8, 4) is 0 Å². The third-order valence-corrected chi connectivity index (χ3v) is 7.38. The number of nitrogens with zero attached hydrogens (tertiary/aromatic N) is 2. The fraction of sp³-hybridized carbons (Fsp3) is 0.650. The Hall–Kier alpha value is -1.65. The Bertz CT molecular complexity index is 859. The zero-order chi connectivity index (χ0) is 22.3. The van der Waals surface area contributed by atoms with E-state index in [-0.39, 0.29) is 41.7 Å². The summed E-state index contributed by atoms with van der Waals surface area (Å²) < 4.78 is 71.8. The van der Waals surface area contributed by atoms with Crippen molar-refractivity contribution in [3.05, 3.63) is 29.8 Å². The Morgan fingerprint density at radius 3 is 2.17 bits per heavy atom. The van der Waals surface area contributed by atoms with Gasteiger partial charge in [-0.15, -0.1) is 0 Å². The maximum atomic E-state index is 13.0. The van der Waals surface area contributed by atoms with Crippen LogP contribution in [0.2, 0.25) is 0 Å². The van der Waals surface area contributed by atoms with Crippen molar-refractivity contribution in [1.29, 1.82) is 0 Å². The molecule has 6 nitrogen and oxygen atoms in total. The van der Waals surface area contributed by atoms with Gasteiger partial charge in [0.2, 0.25) is 10.0 Å². The zero-order valence-electron chi connectivity index (χ0n) is 17.2. The number of morpholine rings is 1. The Morgan fingerprint density at radius 1 is 1.17 bits per heavy atom. The number of carbonyl (C=O) groups is 1. The summed E-state index contributed by atoms with van der Waals surface area (Å²) in [5.74, 6) is -0.675. The van der Waals surface area contributed by atoms with E-state index in [4.69, 9.17) is 4.74 Å². The molecule has 1 aliphatic heterocycles. The van der Waals surface area contributed by atoms with Crippen molar-refractivity contribution >= 4 is 15.9 Å². The molecule has 2 fully saturated rings. The highest BCUT2D eigenvalue weighted by molar-refractivity contribution is 7.89. The number of halogens is 3. The highest BCUT2D eigenvalue weighted by atomic mass is 32.2. The van der Waals surface area contributed by atoms with Gasteiger partial charge in [-0.3, -0.25) is 4.79 Å². The van der Waals surface area contributed by atoms with Gasteiger partial charge >= 0.3 is 6.18 Å². The number of ether oxygens (including phenoxy) is 1. The summed E-state index contributed by atoms with van der Waals surface area (Å²) in [5, 5.41) is 0. The number of amides is 1. The van der Waals surface area contributed by atoms with Crippen molar-refractivity contribution in [2.45, 2.75) is 62.9 Å². The Morgan fingerprint density at radius 2 is 1.70 bits per heavy atom. The molecule has 1 heterocycles. The van der Waals surface area contributed by atoms with E-state index in [0.29, 0.717) is 0 Å². The van der Waals surface area contributed by atoms with Gasteiger partial charge in [-0.05, 0) is 63.8 Å². The molecular formula is C20H27F3N2O4S. The molecule has 0 N–H and O–H groups in total. The van der Waals surface area contributed by atoms with Crippen molar-refractivity contribution in [3.63, 3.8) is 0 Å². The molecule has 3 atom stereocenters. The van der Waals surface area contributed by atoms with Crippen LogP contribution in [0.4, 0.5) is 13.2 Å². The minimum atomic E-state index is -4.51. The van der Waals surface area contributed by atoms with Gasteiger partial charge in [0.1, 0.15) is 6.54 Å². The van der Waals surface area contributed by atoms with Gasteiger partial charge in [0, 0.05) is 24.7 Å². The van der Waals surface area contributed by atoms with Gasteiger partial charge < -0.3 is 9.64 Å². The van der Waals surface area contributed by atoms with Crippen LogP contribution in [0, 0.1) is 5.92 Å². The molecule has 1 saturated heterocycles. The number of sulfonamides is 1. The second kappa shape index (κ2) is 8.47. The van der Waals surface area contributed by atoms with Crippen molar-refractivity contribution < 1.29 is 31.1 Å². The van der Waals surface area contributed by atoms with Gasteiger partial charge in [0.25, 0.3) is 5.91 Å². The summed E-state index contributed by atoms with van der Waals surface area (Å²) in [5.41, 5.74) is 0.0365. The van der Waals surface area contributed by atoms with Gasteiger partial charge in [-0.2, -0.15) is 17.5 Å². The van der Waals surface area contributed by atoms with Crippen LogP contribution in [0.1, 0.15) is 44.0 Å². The summed E-state index contributed by atoms with van der Waals surface area (Å²) in [6.07, 6.45) is -3.40. The number of benzene rings is 1. The average molecular weight is 449 g/mol. The van der Waals surface area contributed by atoms with Gasteiger partial charge in [0.15, 0.2) is 0 Å². The lowest BCUT2D eigenvalue weighted by Gasteiger charge is -2.34. The Labute approximate surface area is 175 Å². The van der Waals surface area contributed by atoms with E-state index in [0.717, 1.165) is 17.7 Å². The average Bonchev–Trinajstić information content (AvgIpc) is 3.49. The number of alkyl halides is 3. The summed E-state index contributed by atoms with van der Waals surface area (Å²) in [4.78, 5) is 13.6. The smallest absolute Gasteiger partial charge is 0.373 e.